The number of piperazine rings is 1. The van der Waals surface area contributed by atoms with Crippen LogP contribution in [-0.2, 0) is 22.7 Å². The van der Waals surface area contributed by atoms with Crippen molar-refractivity contribution in [1.82, 2.24) is 24.7 Å². The summed E-state index contributed by atoms with van der Waals surface area (Å²) in [6.07, 6.45) is 1.59. The summed E-state index contributed by atoms with van der Waals surface area (Å²) >= 11 is 0. The van der Waals surface area contributed by atoms with E-state index in [1.54, 1.807) is 18.2 Å². The van der Waals surface area contributed by atoms with Crippen molar-refractivity contribution in [3.63, 3.8) is 0 Å². The van der Waals surface area contributed by atoms with Gasteiger partial charge < -0.3 is 19.7 Å². The molecule has 2 aromatic carbocycles. The molecule has 5 rings (SSSR count). The van der Waals surface area contributed by atoms with Gasteiger partial charge in [-0.15, -0.1) is 0 Å². The van der Waals surface area contributed by atoms with Crippen LogP contribution in [-0.4, -0.2) is 70.7 Å². The van der Waals surface area contributed by atoms with Crippen LogP contribution in [0.5, 0.6) is 11.5 Å². The van der Waals surface area contributed by atoms with Gasteiger partial charge in [-0.3, -0.25) is 23.9 Å². The topological polar surface area (TPSA) is 106 Å². The second-order valence-electron chi connectivity index (χ2n) is 8.64. The van der Waals surface area contributed by atoms with Crippen LogP contribution >= 0.6 is 0 Å². The maximum absolute atomic E-state index is 12.6. The van der Waals surface area contributed by atoms with E-state index in [4.69, 9.17) is 9.47 Å². The number of hydrogen-bond acceptors (Lipinski definition) is 7. The van der Waals surface area contributed by atoms with Crippen molar-refractivity contribution in [2.45, 2.75) is 19.5 Å². The third-order valence-electron chi connectivity index (χ3n) is 6.27. The fraction of sp³-hybridized carbons (Fsp3) is 0.360. The summed E-state index contributed by atoms with van der Waals surface area (Å²) in [7, 11) is 0. The summed E-state index contributed by atoms with van der Waals surface area (Å²) in [5, 5.41) is 3.20. The van der Waals surface area contributed by atoms with Crippen LogP contribution in [0, 0.1) is 0 Å². The smallest absolute Gasteiger partial charge is 0.261 e. The molecule has 0 bridgehead atoms. The molecule has 0 saturated carbocycles. The molecular formula is C25H27N5O5. The Bertz CT molecular complexity index is 1300. The first kappa shape index (κ1) is 22.9. The number of aromatic nitrogens is 2. The molecule has 1 fully saturated rings. The van der Waals surface area contributed by atoms with Crippen LogP contribution in [0.2, 0.25) is 0 Å². The Morgan fingerprint density at radius 1 is 1.00 bits per heavy atom. The highest BCUT2D eigenvalue weighted by Gasteiger charge is 2.22. The van der Waals surface area contributed by atoms with Gasteiger partial charge in [-0.25, -0.2) is 4.98 Å². The van der Waals surface area contributed by atoms with Crippen LogP contribution in [0.25, 0.3) is 10.9 Å². The molecular weight excluding hydrogens is 450 g/mol. The quantitative estimate of drug-likeness (QED) is 0.541. The summed E-state index contributed by atoms with van der Waals surface area (Å²) in [4.78, 5) is 45.8. The molecule has 0 aliphatic carbocycles. The van der Waals surface area contributed by atoms with Gasteiger partial charge in [-0.1, -0.05) is 18.2 Å². The summed E-state index contributed by atoms with van der Waals surface area (Å²) in [5.74, 6) is 1.24. The fourth-order valence-corrected chi connectivity index (χ4v) is 4.35. The van der Waals surface area contributed by atoms with Gasteiger partial charge in [0.1, 0.15) is 6.54 Å². The Labute approximate surface area is 202 Å². The largest absolute Gasteiger partial charge is 0.454 e. The van der Waals surface area contributed by atoms with E-state index in [2.05, 4.69) is 15.2 Å². The maximum Gasteiger partial charge on any atom is 0.261 e. The van der Waals surface area contributed by atoms with Crippen molar-refractivity contribution in [3.05, 3.63) is 64.7 Å². The van der Waals surface area contributed by atoms with Gasteiger partial charge in [0.15, 0.2) is 11.5 Å². The fourth-order valence-electron chi connectivity index (χ4n) is 4.35. The van der Waals surface area contributed by atoms with E-state index in [0.29, 0.717) is 24.0 Å². The zero-order chi connectivity index (χ0) is 24.2. The number of carbonyl (C=O) groups is 2. The van der Waals surface area contributed by atoms with E-state index >= 15 is 0 Å². The summed E-state index contributed by atoms with van der Waals surface area (Å²) in [6.45, 7) is 4.00. The Morgan fingerprint density at radius 2 is 1.80 bits per heavy atom. The number of rotatable bonds is 7. The van der Waals surface area contributed by atoms with E-state index in [-0.39, 0.29) is 43.7 Å². The second kappa shape index (κ2) is 10.1. The van der Waals surface area contributed by atoms with Gasteiger partial charge in [-0.2, -0.15) is 0 Å². The molecule has 3 heterocycles. The number of hydrogen-bond donors (Lipinski definition) is 1. The number of carbonyl (C=O) groups excluding carboxylic acids is 2. The summed E-state index contributed by atoms with van der Waals surface area (Å²) < 4.78 is 12.1. The zero-order valence-corrected chi connectivity index (χ0v) is 19.3. The van der Waals surface area contributed by atoms with Gasteiger partial charge in [0, 0.05) is 45.7 Å². The van der Waals surface area contributed by atoms with Gasteiger partial charge in [0.25, 0.3) is 5.56 Å². The SMILES string of the molecule is O=C(Cn1cnc2ccccc2c1=O)NCCC(=O)N1CCN(Cc2ccc3c(c2)OCO3)CC1. The van der Waals surface area contributed by atoms with Crippen molar-refractivity contribution in [3.8, 4) is 11.5 Å². The molecule has 35 heavy (non-hydrogen) atoms. The Morgan fingerprint density at radius 3 is 2.66 bits per heavy atom. The highest BCUT2D eigenvalue weighted by atomic mass is 16.7. The molecule has 3 aromatic rings. The van der Waals surface area contributed by atoms with E-state index < -0.39 is 0 Å². The maximum atomic E-state index is 12.6. The first-order valence-corrected chi connectivity index (χ1v) is 11.7. The van der Waals surface area contributed by atoms with Crippen LogP contribution < -0.4 is 20.3 Å². The minimum Gasteiger partial charge on any atom is -0.454 e. The highest BCUT2D eigenvalue weighted by Crippen LogP contribution is 2.32. The average molecular weight is 478 g/mol. The lowest BCUT2D eigenvalue weighted by atomic mass is 10.1. The summed E-state index contributed by atoms with van der Waals surface area (Å²) in [6, 6.07) is 13.0. The zero-order valence-electron chi connectivity index (χ0n) is 19.3. The van der Waals surface area contributed by atoms with E-state index in [1.165, 1.54) is 10.9 Å². The Hall–Kier alpha value is -3.92. The van der Waals surface area contributed by atoms with E-state index in [9.17, 15) is 14.4 Å². The molecule has 10 heteroatoms. The molecule has 0 unspecified atom stereocenters. The number of fused-ring (bicyclic) bond motifs is 2. The third-order valence-corrected chi connectivity index (χ3v) is 6.27. The van der Waals surface area contributed by atoms with Gasteiger partial charge in [-0.05, 0) is 29.8 Å². The minimum absolute atomic E-state index is 0.0116. The van der Waals surface area contributed by atoms with Crippen LogP contribution in [0.4, 0.5) is 0 Å². The number of benzene rings is 2. The number of ether oxygens (including phenoxy) is 2. The number of para-hydroxylation sites is 1. The van der Waals surface area contributed by atoms with E-state index in [0.717, 1.165) is 36.7 Å². The van der Waals surface area contributed by atoms with Gasteiger partial charge >= 0.3 is 0 Å². The molecule has 0 radical (unpaired) electrons. The lowest BCUT2D eigenvalue weighted by Gasteiger charge is -2.34. The first-order valence-electron chi connectivity index (χ1n) is 11.7. The van der Waals surface area contributed by atoms with Gasteiger partial charge in [0.05, 0.1) is 17.2 Å². The van der Waals surface area contributed by atoms with Crippen molar-refractivity contribution in [2.75, 3.05) is 39.5 Å². The normalized spacial score (nSPS) is 15.4. The molecule has 0 spiro atoms. The van der Waals surface area contributed by atoms with Crippen molar-refractivity contribution in [1.29, 1.82) is 0 Å². The van der Waals surface area contributed by atoms with Crippen LogP contribution in [0.15, 0.2) is 53.6 Å². The Kier molecular flexibility index (Phi) is 6.62. The molecule has 0 atom stereocenters. The Balaban J connectivity index is 1.04. The predicted octanol–water partition coefficient (Wildman–Crippen LogP) is 0.976. The second-order valence-corrected chi connectivity index (χ2v) is 8.64. The number of nitrogens with one attached hydrogen (secondary N) is 1. The highest BCUT2D eigenvalue weighted by molar-refractivity contribution is 5.80. The van der Waals surface area contributed by atoms with Crippen molar-refractivity contribution >= 4 is 22.7 Å². The molecule has 182 valence electrons. The lowest BCUT2D eigenvalue weighted by molar-refractivity contribution is -0.133. The molecule has 2 amide bonds. The minimum atomic E-state index is -0.328. The third kappa shape index (κ3) is 5.27. The monoisotopic (exact) mass is 477 g/mol. The van der Waals surface area contributed by atoms with E-state index in [1.807, 2.05) is 29.2 Å². The summed E-state index contributed by atoms with van der Waals surface area (Å²) in [5.41, 5.74) is 1.48. The predicted molar refractivity (Wildman–Crippen MR) is 128 cm³/mol. The molecule has 2 aliphatic rings. The number of amides is 2. The lowest BCUT2D eigenvalue weighted by Crippen LogP contribution is -2.48. The molecule has 1 saturated heterocycles. The first-order chi connectivity index (χ1) is 17.1. The van der Waals surface area contributed by atoms with Crippen LogP contribution in [0.1, 0.15) is 12.0 Å². The van der Waals surface area contributed by atoms with Gasteiger partial charge in [0.2, 0.25) is 18.6 Å². The molecule has 2 aliphatic heterocycles. The van der Waals surface area contributed by atoms with Crippen LogP contribution in [0.3, 0.4) is 0 Å². The number of nitrogens with zero attached hydrogens (tertiary/aromatic N) is 4. The molecule has 1 aromatic heterocycles. The standard InChI is InChI=1S/C25H27N5O5/c31-23(15-30-16-27-20-4-2-1-3-19(20)25(30)33)26-8-7-24(32)29-11-9-28(10-12-29)14-18-5-6-21-22(13-18)35-17-34-21/h1-6,13,16H,7-12,14-15,17H2,(H,26,31). The molecule has 10 nitrogen and oxygen atoms in total. The van der Waals surface area contributed by atoms with Crippen molar-refractivity contribution < 1.29 is 19.1 Å². The van der Waals surface area contributed by atoms with Crippen molar-refractivity contribution in [2.24, 2.45) is 0 Å². The average Bonchev–Trinajstić information content (AvgIpc) is 3.34. The molecule has 1 N–H and O–H groups in total.